The first-order valence-corrected chi connectivity index (χ1v) is 10.7. The van der Waals surface area contributed by atoms with E-state index in [1.807, 2.05) is 64.3 Å². The van der Waals surface area contributed by atoms with Crippen LogP contribution in [0.5, 0.6) is 5.75 Å². The Hall–Kier alpha value is -3.12. The first-order valence-electron chi connectivity index (χ1n) is 10.7. The summed E-state index contributed by atoms with van der Waals surface area (Å²) in [6.07, 6.45) is 0.793. The van der Waals surface area contributed by atoms with Crippen LogP contribution in [0.3, 0.4) is 0 Å². The van der Waals surface area contributed by atoms with Crippen LogP contribution in [0, 0.1) is 6.92 Å². The Balaban J connectivity index is 1.87. The van der Waals surface area contributed by atoms with Gasteiger partial charge in [-0.3, -0.25) is 9.59 Å². The highest BCUT2D eigenvalue weighted by atomic mass is 16.5. The summed E-state index contributed by atoms with van der Waals surface area (Å²) in [6, 6.07) is 12.6. The second-order valence-electron chi connectivity index (χ2n) is 8.24. The van der Waals surface area contributed by atoms with Crippen LogP contribution in [0.4, 0.5) is 0 Å². The summed E-state index contributed by atoms with van der Waals surface area (Å²) in [6.45, 7) is 5.78. The molecule has 0 saturated carbocycles. The van der Waals surface area contributed by atoms with Crippen LogP contribution >= 0.6 is 0 Å². The number of aryl methyl sites for hydroxylation is 1. The Labute approximate surface area is 182 Å². The minimum Gasteiger partial charge on any atom is -0.494 e. The zero-order chi connectivity index (χ0) is 22.1. The van der Waals surface area contributed by atoms with Crippen LogP contribution in [-0.2, 0) is 0 Å². The molecule has 0 saturated heterocycles. The summed E-state index contributed by atoms with van der Waals surface area (Å²) in [7, 11) is 4.01. The van der Waals surface area contributed by atoms with Crippen LogP contribution in [0.2, 0.25) is 0 Å². The Kier molecular flexibility index (Phi) is 5.83. The average molecular weight is 421 g/mol. The lowest BCUT2D eigenvalue weighted by Gasteiger charge is -2.26. The SMILES string of the molecule is CCOc1cccc([C@H]2c3c(oc4ccc(C)cc4c3=O)C(=O)N2CCCN(C)C)c1. The van der Waals surface area contributed by atoms with Crippen LogP contribution in [0.25, 0.3) is 11.0 Å². The quantitative estimate of drug-likeness (QED) is 0.578. The topological polar surface area (TPSA) is 63.0 Å². The van der Waals surface area contributed by atoms with Gasteiger partial charge in [-0.2, -0.15) is 0 Å². The number of carbonyl (C=O) groups is 1. The zero-order valence-corrected chi connectivity index (χ0v) is 18.5. The Morgan fingerprint density at radius 2 is 1.94 bits per heavy atom. The van der Waals surface area contributed by atoms with Gasteiger partial charge in [-0.25, -0.2) is 0 Å². The summed E-state index contributed by atoms with van der Waals surface area (Å²) in [5.41, 5.74) is 2.54. The molecule has 3 aromatic rings. The van der Waals surface area contributed by atoms with Crippen LogP contribution in [0.1, 0.15) is 46.6 Å². The van der Waals surface area contributed by atoms with Gasteiger partial charge in [-0.15, -0.1) is 0 Å². The van der Waals surface area contributed by atoms with E-state index in [1.54, 1.807) is 11.0 Å². The van der Waals surface area contributed by atoms with E-state index in [-0.39, 0.29) is 17.1 Å². The number of ether oxygens (including phenoxy) is 1. The molecule has 0 fully saturated rings. The fourth-order valence-electron chi connectivity index (χ4n) is 4.21. The second kappa shape index (κ2) is 8.55. The van der Waals surface area contributed by atoms with E-state index in [4.69, 9.17) is 9.15 Å². The maximum absolute atomic E-state index is 13.6. The van der Waals surface area contributed by atoms with Crippen molar-refractivity contribution in [3.63, 3.8) is 0 Å². The van der Waals surface area contributed by atoms with Gasteiger partial charge in [-0.1, -0.05) is 23.8 Å². The Morgan fingerprint density at radius 3 is 2.68 bits per heavy atom. The van der Waals surface area contributed by atoms with E-state index >= 15 is 0 Å². The number of hydrogen-bond donors (Lipinski definition) is 0. The highest BCUT2D eigenvalue weighted by molar-refractivity contribution is 5.99. The second-order valence-corrected chi connectivity index (χ2v) is 8.24. The molecule has 0 spiro atoms. The van der Waals surface area contributed by atoms with Crippen molar-refractivity contribution >= 4 is 16.9 Å². The third-order valence-electron chi connectivity index (χ3n) is 5.61. The van der Waals surface area contributed by atoms with Crippen molar-refractivity contribution in [1.29, 1.82) is 0 Å². The summed E-state index contributed by atoms with van der Waals surface area (Å²) in [5, 5.41) is 0.507. The number of nitrogens with zero attached hydrogens (tertiary/aromatic N) is 2. The molecule has 6 nitrogen and oxygen atoms in total. The number of hydrogen-bond acceptors (Lipinski definition) is 5. The predicted molar refractivity (Wildman–Crippen MR) is 121 cm³/mol. The van der Waals surface area contributed by atoms with Gasteiger partial charge in [0.1, 0.15) is 11.3 Å². The molecule has 0 unspecified atom stereocenters. The lowest BCUT2D eigenvalue weighted by atomic mass is 9.98. The smallest absolute Gasteiger partial charge is 0.290 e. The molecular formula is C25H28N2O4. The van der Waals surface area contributed by atoms with Gasteiger partial charge < -0.3 is 19.0 Å². The molecule has 1 aliphatic rings. The van der Waals surface area contributed by atoms with Crippen molar-refractivity contribution < 1.29 is 13.9 Å². The van der Waals surface area contributed by atoms with Gasteiger partial charge in [0.2, 0.25) is 5.76 Å². The lowest BCUT2D eigenvalue weighted by Crippen LogP contribution is -2.32. The number of fused-ring (bicyclic) bond motifs is 2. The van der Waals surface area contributed by atoms with Gasteiger partial charge in [0.15, 0.2) is 5.43 Å². The first-order chi connectivity index (χ1) is 14.9. The summed E-state index contributed by atoms with van der Waals surface area (Å²) >= 11 is 0. The molecule has 1 aliphatic heterocycles. The normalized spacial score (nSPS) is 15.7. The fourth-order valence-corrected chi connectivity index (χ4v) is 4.21. The van der Waals surface area contributed by atoms with E-state index in [2.05, 4.69) is 4.90 Å². The van der Waals surface area contributed by atoms with Gasteiger partial charge in [-0.05, 0) is 70.7 Å². The van der Waals surface area contributed by atoms with Crippen molar-refractivity contribution in [1.82, 2.24) is 9.80 Å². The molecule has 2 heterocycles. The third kappa shape index (κ3) is 3.95. The molecule has 0 bridgehead atoms. The molecule has 0 aliphatic carbocycles. The Morgan fingerprint density at radius 1 is 1.13 bits per heavy atom. The first kappa shape index (κ1) is 21.1. The zero-order valence-electron chi connectivity index (χ0n) is 18.5. The third-order valence-corrected chi connectivity index (χ3v) is 5.61. The highest BCUT2D eigenvalue weighted by Gasteiger charge is 2.42. The molecule has 6 heteroatoms. The molecule has 162 valence electrons. The van der Waals surface area contributed by atoms with Crippen LogP contribution in [-0.4, -0.2) is 49.5 Å². The van der Waals surface area contributed by atoms with E-state index in [0.717, 1.165) is 29.8 Å². The van der Waals surface area contributed by atoms with Crippen molar-refractivity contribution in [3.8, 4) is 5.75 Å². The number of amides is 1. The number of rotatable bonds is 7. The van der Waals surface area contributed by atoms with E-state index in [0.29, 0.717) is 29.7 Å². The van der Waals surface area contributed by atoms with Crippen molar-refractivity contribution in [3.05, 3.63) is 75.1 Å². The molecule has 1 aromatic heterocycles. The van der Waals surface area contributed by atoms with Gasteiger partial charge >= 0.3 is 0 Å². The molecule has 4 rings (SSSR count). The standard InChI is InChI=1S/C25H28N2O4/c1-5-30-18-9-6-8-17(15-18)22-21-23(28)19-14-16(2)10-11-20(19)31-24(21)25(29)27(22)13-7-12-26(3)4/h6,8-11,14-15,22H,5,7,12-13H2,1-4H3/t22-/m0/s1. The largest absolute Gasteiger partial charge is 0.494 e. The molecule has 31 heavy (non-hydrogen) atoms. The summed E-state index contributed by atoms with van der Waals surface area (Å²) in [5.74, 6) is 0.633. The molecule has 1 amide bonds. The maximum atomic E-state index is 13.6. The monoisotopic (exact) mass is 420 g/mol. The molecule has 0 radical (unpaired) electrons. The van der Waals surface area contributed by atoms with Gasteiger partial charge in [0.05, 0.1) is 23.6 Å². The molecule has 2 aromatic carbocycles. The minimum absolute atomic E-state index is 0.143. The van der Waals surface area contributed by atoms with E-state index in [1.165, 1.54) is 0 Å². The Bertz CT molecular complexity index is 1180. The van der Waals surface area contributed by atoms with E-state index < -0.39 is 6.04 Å². The van der Waals surface area contributed by atoms with Crippen molar-refractivity contribution in [2.75, 3.05) is 33.8 Å². The fraction of sp³-hybridized carbons (Fsp3) is 0.360. The molecule has 1 atom stereocenters. The molecular weight excluding hydrogens is 392 g/mol. The lowest BCUT2D eigenvalue weighted by molar-refractivity contribution is 0.0722. The summed E-state index contributed by atoms with van der Waals surface area (Å²) in [4.78, 5) is 30.8. The van der Waals surface area contributed by atoms with Gasteiger partial charge in [0, 0.05) is 6.54 Å². The van der Waals surface area contributed by atoms with Crippen LogP contribution in [0.15, 0.2) is 51.7 Å². The van der Waals surface area contributed by atoms with Crippen LogP contribution < -0.4 is 10.2 Å². The van der Waals surface area contributed by atoms with Crippen molar-refractivity contribution in [2.24, 2.45) is 0 Å². The van der Waals surface area contributed by atoms with Crippen molar-refractivity contribution in [2.45, 2.75) is 26.3 Å². The van der Waals surface area contributed by atoms with Gasteiger partial charge in [0.25, 0.3) is 5.91 Å². The predicted octanol–water partition coefficient (Wildman–Crippen LogP) is 4.00. The minimum atomic E-state index is -0.494. The molecule has 0 N–H and O–H groups in total. The van der Waals surface area contributed by atoms with E-state index in [9.17, 15) is 9.59 Å². The number of carbonyl (C=O) groups excluding carboxylic acids is 1. The summed E-state index contributed by atoms with van der Waals surface area (Å²) < 4.78 is 11.7. The maximum Gasteiger partial charge on any atom is 0.290 e. The average Bonchev–Trinajstić information content (AvgIpc) is 3.01. The highest BCUT2D eigenvalue weighted by Crippen LogP contribution is 2.39. The number of benzene rings is 2.